The Morgan fingerprint density at radius 3 is 2.64 bits per heavy atom. The number of hydrogen-bond acceptors (Lipinski definition) is 2. The van der Waals surface area contributed by atoms with Gasteiger partial charge in [0.1, 0.15) is 11.5 Å². The van der Waals surface area contributed by atoms with Crippen LogP contribution in [0.1, 0.15) is 29.8 Å². The van der Waals surface area contributed by atoms with Crippen LogP contribution < -0.4 is 10.2 Å². The monoisotopic (exact) mass is 337 g/mol. The Morgan fingerprint density at radius 1 is 1.04 bits per heavy atom. The lowest BCUT2D eigenvalue weighted by Crippen LogP contribution is -2.29. The zero-order valence-corrected chi connectivity index (χ0v) is 13.9. The number of halogens is 1. The Kier molecular flexibility index (Phi) is 4.14. The second kappa shape index (κ2) is 6.59. The number of piperidine rings is 1. The van der Waals surface area contributed by atoms with Gasteiger partial charge in [-0.25, -0.2) is 4.39 Å². The molecule has 1 fully saturated rings. The highest BCUT2D eigenvalue weighted by Crippen LogP contribution is 2.24. The molecule has 25 heavy (non-hydrogen) atoms. The van der Waals surface area contributed by atoms with Gasteiger partial charge in [-0.1, -0.05) is 12.1 Å². The van der Waals surface area contributed by atoms with Gasteiger partial charge in [0, 0.05) is 35.4 Å². The normalized spacial score (nSPS) is 14.7. The second-order valence-electron chi connectivity index (χ2n) is 6.44. The maximum Gasteiger partial charge on any atom is 0.272 e. The zero-order valence-electron chi connectivity index (χ0n) is 13.9. The number of nitrogens with one attached hydrogen (secondary N) is 2. The summed E-state index contributed by atoms with van der Waals surface area (Å²) in [5, 5.41) is 3.32. The van der Waals surface area contributed by atoms with E-state index in [4.69, 9.17) is 0 Å². The van der Waals surface area contributed by atoms with Crippen molar-refractivity contribution >= 4 is 28.2 Å². The number of aromatic amines is 1. The minimum Gasteiger partial charge on any atom is -0.371 e. The molecular formula is C20H20FN3O. The van der Waals surface area contributed by atoms with Crippen LogP contribution in [0.2, 0.25) is 0 Å². The molecule has 2 N–H and O–H groups in total. The highest BCUT2D eigenvalue weighted by atomic mass is 19.1. The fourth-order valence-corrected chi connectivity index (χ4v) is 3.37. The fourth-order valence-electron chi connectivity index (χ4n) is 3.37. The van der Waals surface area contributed by atoms with Gasteiger partial charge in [-0.3, -0.25) is 4.79 Å². The third kappa shape index (κ3) is 3.22. The highest BCUT2D eigenvalue weighted by molar-refractivity contribution is 6.06. The molecular weight excluding hydrogens is 317 g/mol. The standard InChI is InChI=1S/C20H20FN3O/c21-17-8-5-9-18-16(17)13-19(23-18)20(25)22-14-6-4-7-15(12-14)24-10-2-1-3-11-24/h4-9,12-13,23H,1-3,10-11H2,(H,22,25). The molecule has 2 heterocycles. The number of amides is 1. The van der Waals surface area contributed by atoms with Crippen LogP contribution >= 0.6 is 0 Å². The van der Waals surface area contributed by atoms with E-state index in [1.54, 1.807) is 18.2 Å². The van der Waals surface area contributed by atoms with Crippen molar-refractivity contribution in [3.8, 4) is 0 Å². The van der Waals surface area contributed by atoms with Gasteiger partial charge in [0.2, 0.25) is 0 Å². The van der Waals surface area contributed by atoms with Gasteiger partial charge in [-0.2, -0.15) is 0 Å². The van der Waals surface area contributed by atoms with E-state index in [9.17, 15) is 9.18 Å². The van der Waals surface area contributed by atoms with Crippen LogP contribution in [0.3, 0.4) is 0 Å². The third-order valence-electron chi connectivity index (χ3n) is 4.68. The van der Waals surface area contributed by atoms with Gasteiger partial charge in [0.05, 0.1) is 0 Å². The summed E-state index contributed by atoms with van der Waals surface area (Å²) < 4.78 is 13.8. The largest absolute Gasteiger partial charge is 0.371 e. The number of hydrogen-bond donors (Lipinski definition) is 2. The molecule has 1 amide bonds. The molecule has 1 aliphatic rings. The predicted molar refractivity (Wildman–Crippen MR) is 98.7 cm³/mol. The summed E-state index contributed by atoms with van der Waals surface area (Å²) in [6, 6.07) is 14.2. The summed E-state index contributed by atoms with van der Waals surface area (Å²) in [6.07, 6.45) is 3.69. The molecule has 4 rings (SSSR count). The van der Waals surface area contributed by atoms with E-state index >= 15 is 0 Å². The molecule has 0 atom stereocenters. The Hall–Kier alpha value is -2.82. The van der Waals surface area contributed by atoms with E-state index in [2.05, 4.69) is 21.3 Å². The van der Waals surface area contributed by atoms with Crippen LogP contribution in [0.15, 0.2) is 48.5 Å². The van der Waals surface area contributed by atoms with Crippen LogP contribution in [0.4, 0.5) is 15.8 Å². The first-order valence-electron chi connectivity index (χ1n) is 8.64. The van der Waals surface area contributed by atoms with Crippen molar-refractivity contribution in [2.75, 3.05) is 23.3 Å². The zero-order chi connectivity index (χ0) is 17.2. The van der Waals surface area contributed by atoms with Crippen molar-refractivity contribution in [2.24, 2.45) is 0 Å². The fraction of sp³-hybridized carbons (Fsp3) is 0.250. The first-order chi connectivity index (χ1) is 12.2. The lowest BCUT2D eigenvalue weighted by Gasteiger charge is -2.29. The molecule has 1 saturated heterocycles. The van der Waals surface area contributed by atoms with E-state index in [-0.39, 0.29) is 11.7 Å². The van der Waals surface area contributed by atoms with E-state index in [1.165, 1.54) is 25.3 Å². The van der Waals surface area contributed by atoms with E-state index in [0.717, 1.165) is 24.5 Å². The number of carbonyl (C=O) groups excluding carboxylic acids is 1. The number of nitrogens with zero attached hydrogens (tertiary/aromatic N) is 1. The summed E-state index contributed by atoms with van der Waals surface area (Å²) in [6.45, 7) is 2.11. The SMILES string of the molecule is O=C(Nc1cccc(N2CCCCC2)c1)c1cc2c(F)cccc2[nH]1. The minimum atomic E-state index is -0.333. The number of aromatic nitrogens is 1. The maximum absolute atomic E-state index is 13.8. The molecule has 5 heteroatoms. The van der Waals surface area contributed by atoms with Crippen molar-refractivity contribution in [3.63, 3.8) is 0 Å². The molecule has 2 aromatic carbocycles. The average molecular weight is 337 g/mol. The third-order valence-corrected chi connectivity index (χ3v) is 4.68. The van der Waals surface area contributed by atoms with Crippen molar-refractivity contribution in [1.29, 1.82) is 0 Å². The lowest BCUT2D eigenvalue weighted by atomic mass is 10.1. The summed E-state index contributed by atoms with van der Waals surface area (Å²) in [7, 11) is 0. The number of carbonyl (C=O) groups is 1. The number of H-pyrrole nitrogens is 1. The maximum atomic E-state index is 13.8. The minimum absolute atomic E-state index is 0.272. The molecule has 0 spiro atoms. The van der Waals surface area contributed by atoms with E-state index < -0.39 is 0 Å². The van der Waals surface area contributed by atoms with Gasteiger partial charge in [0.15, 0.2) is 0 Å². The van der Waals surface area contributed by atoms with Gasteiger partial charge in [-0.15, -0.1) is 0 Å². The van der Waals surface area contributed by atoms with Crippen LogP contribution in [0, 0.1) is 5.82 Å². The van der Waals surface area contributed by atoms with Crippen molar-refractivity contribution in [1.82, 2.24) is 4.98 Å². The van der Waals surface area contributed by atoms with Crippen LogP contribution in [0.5, 0.6) is 0 Å². The van der Waals surface area contributed by atoms with Gasteiger partial charge < -0.3 is 15.2 Å². The first kappa shape index (κ1) is 15.7. The van der Waals surface area contributed by atoms with Gasteiger partial charge >= 0.3 is 0 Å². The van der Waals surface area contributed by atoms with E-state index in [1.807, 2.05) is 18.2 Å². The predicted octanol–water partition coefficient (Wildman–Crippen LogP) is 4.55. The quantitative estimate of drug-likeness (QED) is 0.736. The highest BCUT2D eigenvalue weighted by Gasteiger charge is 2.14. The molecule has 1 aromatic heterocycles. The Balaban J connectivity index is 1.54. The Morgan fingerprint density at radius 2 is 1.84 bits per heavy atom. The van der Waals surface area contributed by atoms with Crippen molar-refractivity contribution in [3.05, 3.63) is 60.0 Å². The second-order valence-corrected chi connectivity index (χ2v) is 6.44. The number of rotatable bonds is 3. The number of benzene rings is 2. The molecule has 4 nitrogen and oxygen atoms in total. The van der Waals surface area contributed by atoms with Crippen LogP contribution in [0.25, 0.3) is 10.9 Å². The molecule has 3 aromatic rings. The Labute approximate surface area is 145 Å². The molecule has 0 aliphatic carbocycles. The summed E-state index contributed by atoms with van der Waals surface area (Å²) in [4.78, 5) is 17.8. The molecule has 0 saturated carbocycles. The topological polar surface area (TPSA) is 48.1 Å². The van der Waals surface area contributed by atoms with Crippen molar-refractivity contribution < 1.29 is 9.18 Å². The number of fused-ring (bicyclic) bond motifs is 1. The molecule has 0 radical (unpaired) electrons. The first-order valence-corrected chi connectivity index (χ1v) is 8.64. The van der Waals surface area contributed by atoms with Crippen molar-refractivity contribution in [2.45, 2.75) is 19.3 Å². The summed E-state index contributed by atoms with van der Waals surface area (Å²) in [5.74, 6) is -0.605. The molecule has 1 aliphatic heterocycles. The smallest absolute Gasteiger partial charge is 0.272 e. The lowest BCUT2D eigenvalue weighted by molar-refractivity contribution is 0.102. The van der Waals surface area contributed by atoms with E-state index in [0.29, 0.717) is 16.6 Å². The summed E-state index contributed by atoms with van der Waals surface area (Å²) >= 11 is 0. The van der Waals surface area contributed by atoms with Crippen LogP contribution in [-0.2, 0) is 0 Å². The molecule has 0 bridgehead atoms. The average Bonchev–Trinajstić information content (AvgIpc) is 3.09. The number of anilines is 2. The Bertz CT molecular complexity index is 912. The molecule has 0 unspecified atom stereocenters. The molecule has 128 valence electrons. The van der Waals surface area contributed by atoms with Gasteiger partial charge in [-0.05, 0) is 55.7 Å². The van der Waals surface area contributed by atoms with Gasteiger partial charge in [0.25, 0.3) is 5.91 Å². The van der Waals surface area contributed by atoms with Crippen LogP contribution in [-0.4, -0.2) is 24.0 Å². The summed E-state index contributed by atoms with van der Waals surface area (Å²) in [5.41, 5.74) is 2.84.